The van der Waals surface area contributed by atoms with Crippen LogP contribution in [-0.2, 0) is 16.1 Å². The maximum Gasteiger partial charge on any atom is 0.490 e. The van der Waals surface area contributed by atoms with Crippen LogP contribution in [-0.4, -0.2) is 68.8 Å². The van der Waals surface area contributed by atoms with Crippen LogP contribution in [0.5, 0.6) is 5.75 Å². The van der Waals surface area contributed by atoms with Crippen molar-refractivity contribution >= 4 is 35.0 Å². The molecule has 0 aliphatic carbocycles. The lowest BCUT2D eigenvalue weighted by Crippen LogP contribution is -2.21. The summed E-state index contributed by atoms with van der Waals surface area (Å²) in [7, 11) is 0. The van der Waals surface area contributed by atoms with Crippen LogP contribution in [0.4, 0.5) is 37.1 Å². The van der Waals surface area contributed by atoms with E-state index < -0.39 is 30.4 Å². The number of anilines is 1. The number of imidazole rings is 1. The zero-order chi connectivity index (χ0) is 28.7. The number of hydrogen-bond donors (Lipinski definition) is 6. The minimum atomic E-state index is -5.08. The van der Waals surface area contributed by atoms with E-state index in [1.807, 2.05) is 30.3 Å². The average Bonchev–Trinajstić information content (AvgIpc) is 3.04. The zero-order valence-corrected chi connectivity index (χ0v) is 18.8. The molecule has 1 aliphatic rings. The summed E-state index contributed by atoms with van der Waals surface area (Å²) in [4.78, 5) is 35.7. The number of aromatic amines is 1. The third-order valence-electron chi connectivity index (χ3n) is 4.44. The van der Waals surface area contributed by atoms with Crippen molar-refractivity contribution in [3.8, 4) is 16.9 Å². The van der Waals surface area contributed by atoms with Gasteiger partial charge in [0.2, 0.25) is 5.95 Å². The molecule has 1 amide bonds. The van der Waals surface area contributed by atoms with Crippen LogP contribution in [0.25, 0.3) is 22.2 Å². The fourth-order valence-corrected chi connectivity index (χ4v) is 2.84. The predicted molar refractivity (Wildman–Crippen MR) is 118 cm³/mol. The Morgan fingerprint density at radius 3 is 2.00 bits per heavy atom. The third-order valence-corrected chi connectivity index (χ3v) is 4.44. The molecular weight excluding hydrogens is 534 g/mol. The molecule has 38 heavy (non-hydrogen) atoms. The molecule has 2 aromatic carbocycles. The molecule has 1 aromatic heterocycles. The Hall–Kier alpha value is -4.54. The van der Waals surface area contributed by atoms with Gasteiger partial charge in [-0.25, -0.2) is 19.4 Å². The monoisotopic (exact) mass is 552 g/mol. The number of aromatic nitrogens is 2. The SMILES string of the molecule is O=C(O)C(F)(F)F.O=C(O)C(F)(F)F.O=C(O)Nc1nc2ccc(-c3ccc4c(c3)CNCCO4)cc2[nH]1. The van der Waals surface area contributed by atoms with Gasteiger partial charge in [0, 0.05) is 18.7 Å². The lowest BCUT2D eigenvalue weighted by molar-refractivity contribution is -0.193. The van der Waals surface area contributed by atoms with Gasteiger partial charge < -0.3 is 30.4 Å². The standard InChI is InChI=1S/C17H16N4O3.2C2HF3O2/c22-17(23)21-16-19-13-3-1-11(8-14(13)20-16)10-2-4-15-12(7-10)9-18-5-6-24-15;2*3-2(4,5)1(6)7/h1-4,7-8,18H,5-6,9H2,(H,22,23)(H2,19,20,21);2*(H,6,7). The molecule has 0 unspecified atom stereocenters. The van der Waals surface area contributed by atoms with Crippen molar-refractivity contribution in [1.82, 2.24) is 15.3 Å². The quantitative estimate of drug-likeness (QED) is 0.256. The summed E-state index contributed by atoms with van der Waals surface area (Å²) in [5.74, 6) is -4.38. The topological polar surface area (TPSA) is 174 Å². The molecular formula is C21H18F6N4O7. The largest absolute Gasteiger partial charge is 0.492 e. The molecule has 0 atom stereocenters. The summed E-state index contributed by atoms with van der Waals surface area (Å²) in [6.45, 7) is 2.29. The Bertz CT molecular complexity index is 1280. The number of ether oxygens (including phenoxy) is 1. The van der Waals surface area contributed by atoms with E-state index in [0.717, 1.165) is 41.0 Å². The molecule has 0 bridgehead atoms. The van der Waals surface area contributed by atoms with Gasteiger partial charge >= 0.3 is 30.4 Å². The maximum atomic E-state index is 10.7. The van der Waals surface area contributed by atoms with E-state index in [9.17, 15) is 31.1 Å². The Morgan fingerprint density at radius 2 is 1.45 bits per heavy atom. The van der Waals surface area contributed by atoms with E-state index in [0.29, 0.717) is 12.1 Å². The van der Waals surface area contributed by atoms with Crippen molar-refractivity contribution in [2.24, 2.45) is 0 Å². The summed E-state index contributed by atoms with van der Waals surface area (Å²) in [5, 5.41) is 28.6. The smallest absolute Gasteiger partial charge is 0.490 e. The fourth-order valence-electron chi connectivity index (χ4n) is 2.84. The number of aliphatic carboxylic acids is 2. The van der Waals surface area contributed by atoms with E-state index in [4.69, 9.17) is 29.6 Å². The summed E-state index contributed by atoms with van der Waals surface area (Å²) < 4.78 is 69.2. The number of carboxylic acids is 2. The number of H-pyrrole nitrogens is 1. The van der Waals surface area contributed by atoms with Crippen molar-refractivity contribution < 1.29 is 60.8 Å². The van der Waals surface area contributed by atoms with Crippen LogP contribution in [0.2, 0.25) is 0 Å². The van der Waals surface area contributed by atoms with Gasteiger partial charge in [-0.05, 0) is 35.4 Å². The second-order valence-electron chi connectivity index (χ2n) is 7.20. The molecule has 0 saturated carbocycles. The number of halogens is 6. The first-order valence-electron chi connectivity index (χ1n) is 10.1. The number of nitrogens with zero attached hydrogens (tertiary/aromatic N) is 1. The first-order valence-corrected chi connectivity index (χ1v) is 10.1. The highest BCUT2D eigenvalue weighted by atomic mass is 19.4. The van der Waals surface area contributed by atoms with Gasteiger partial charge in [-0.3, -0.25) is 5.32 Å². The number of amides is 1. The summed E-state index contributed by atoms with van der Waals surface area (Å²) in [5.41, 5.74) is 4.72. The average molecular weight is 552 g/mol. The Kier molecular flexibility index (Phi) is 9.48. The molecule has 4 rings (SSSR count). The van der Waals surface area contributed by atoms with E-state index in [1.165, 1.54) is 0 Å². The molecule has 3 aromatic rings. The number of alkyl halides is 6. The molecule has 0 radical (unpaired) electrons. The number of carboxylic acid groups (broad SMARTS) is 3. The minimum absolute atomic E-state index is 0.217. The lowest BCUT2D eigenvalue weighted by Gasteiger charge is -2.09. The molecule has 206 valence electrons. The highest BCUT2D eigenvalue weighted by Crippen LogP contribution is 2.29. The van der Waals surface area contributed by atoms with Crippen molar-refractivity contribution in [1.29, 1.82) is 0 Å². The van der Waals surface area contributed by atoms with Crippen molar-refractivity contribution in [3.05, 3.63) is 42.0 Å². The second-order valence-corrected chi connectivity index (χ2v) is 7.20. The second kappa shape index (κ2) is 12.1. The van der Waals surface area contributed by atoms with Crippen molar-refractivity contribution in [2.75, 3.05) is 18.5 Å². The fraction of sp³-hybridized carbons (Fsp3) is 0.238. The normalized spacial score (nSPS) is 12.9. The third kappa shape index (κ3) is 8.84. The van der Waals surface area contributed by atoms with Crippen LogP contribution in [0, 0.1) is 0 Å². The van der Waals surface area contributed by atoms with Gasteiger partial charge in [-0.1, -0.05) is 12.1 Å². The molecule has 1 aliphatic heterocycles. The van der Waals surface area contributed by atoms with E-state index in [1.54, 1.807) is 0 Å². The molecule has 0 spiro atoms. The Morgan fingerprint density at radius 1 is 0.895 bits per heavy atom. The van der Waals surface area contributed by atoms with Gasteiger partial charge in [0.25, 0.3) is 0 Å². The summed E-state index contributed by atoms with van der Waals surface area (Å²) >= 11 is 0. The van der Waals surface area contributed by atoms with E-state index in [-0.39, 0.29) is 5.95 Å². The van der Waals surface area contributed by atoms with Crippen LogP contribution >= 0.6 is 0 Å². The van der Waals surface area contributed by atoms with Gasteiger partial charge in [0.15, 0.2) is 0 Å². The Labute approximate surface area is 208 Å². The first kappa shape index (κ1) is 29.7. The highest BCUT2D eigenvalue weighted by Gasteiger charge is 2.38. The number of nitrogens with one attached hydrogen (secondary N) is 3. The van der Waals surface area contributed by atoms with Gasteiger partial charge in [0.05, 0.1) is 11.0 Å². The Balaban J connectivity index is 0.000000301. The molecule has 6 N–H and O–H groups in total. The first-order chi connectivity index (χ1) is 17.6. The highest BCUT2D eigenvalue weighted by molar-refractivity contribution is 5.87. The van der Waals surface area contributed by atoms with Crippen LogP contribution in [0.15, 0.2) is 36.4 Å². The van der Waals surface area contributed by atoms with Crippen LogP contribution in [0.3, 0.4) is 0 Å². The zero-order valence-electron chi connectivity index (χ0n) is 18.8. The molecule has 17 heteroatoms. The number of hydrogen-bond acceptors (Lipinski definition) is 6. The number of rotatable bonds is 2. The van der Waals surface area contributed by atoms with Gasteiger partial charge in [-0.2, -0.15) is 26.3 Å². The number of benzene rings is 2. The van der Waals surface area contributed by atoms with Crippen LogP contribution in [0.1, 0.15) is 5.56 Å². The molecule has 2 heterocycles. The molecule has 0 fully saturated rings. The van der Waals surface area contributed by atoms with Gasteiger partial charge in [0.1, 0.15) is 12.4 Å². The minimum Gasteiger partial charge on any atom is -0.492 e. The van der Waals surface area contributed by atoms with Crippen LogP contribution < -0.4 is 15.4 Å². The van der Waals surface area contributed by atoms with Gasteiger partial charge in [-0.15, -0.1) is 0 Å². The molecule has 0 saturated heterocycles. The number of fused-ring (bicyclic) bond motifs is 2. The lowest BCUT2D eigenvalue weighted by atomic mass is 10.0. The predicted octanol–water partition coefficient (Wildman–Crippen LogP) is 4.07. The number of carbonyl (C=O) groups is 3. The van der Waals surface area contributed by atoms with Crippen molar-refractivity contribution in [3.63, 3.8) is 0 Å². The van der Waals surface area contributed by atoms with Crippen molar-refractivity contribution in [2.45, 2.75) is 18.9 Å². The summed E-state index contributed by atoms with van der Waals surface area (Å²) in [6.07, 6.45) is -11.3. The van der Waals surface area contributed by atoms with E-state index >= 15 is 0 Å². The van der Waals surface area contributed by atoms with E-state index in [2.05, 4.69) is 26.7 Å². The molecule has 11 nitrogen and oxygen atoms in total. The maximum absolute atomic E-state index is 10.7. The summed E-state index contributed by atoms with van der Waals surface area (Å²) in [6, 6.07) is 11.9.